The molecule has 1 aliphatic rings. The van der Waals surface area contributed by atoms with Crippen molar-refractivity contribution >= 4 is 22.7 Å². The first-order valence-corrected chi connectivity index (χ1v) is 8.93. The van der Waals surface area contributed by atoms with Crippen molar-refractivity contribution in [1.82, 2.24) is 9.88 Å². The zero-order chi connectivity index (χ0) is 16.5. The lowest BCUT2D eigenvalue weighted by Crippen LogP contribution is -2.32. The van der Waals surface area contributed by atoms with Crippen molar-refractivity contribution < 1.29 is 4.42 Å². The van der Waals surface area contributed by atoms with E-state index in [4.69, 9.17) is 16.0 Å². The smallest absolute Gasteiger partial charge is 0.227 e. The van der Waals surface area contributed by atoms with Gasteiger partial charge in [-0.2, -0.15) is 0 Å². The van der Waals surface area contributed by atoms with Gasteiger partial charge in [-0.05, 0) is 67.7 Å². The predicted molar refractivity (Wildman–Crippen MR) is 98.1 cm³/mol. The van der Waals surface area contributed by atoms with Crippen molar-refractivity contribution in [3.63, 3.8) is 0 Å². The SMILES string of the molecule is CC1CCN(Cc2ccc3oc(-c4cccc(Cl)c4)nc3c2)CC1. The summed E-state index contributed by atoms with van der Waals surface area (Å²) in [6, 6.07) is 13.9. The first-order chi connectivity index (χ1) is 11.7. The van der Waals surface area contributed by atoms with E-state index in [2.05, 4.69) is 28.9 Å². The summed E-state index contributed by atoms with van der Waals surface area (Å²) in [4.78, 5) is 7.17. The zero-order valence-corrected chi connectivity index (χ0v) is 14.6. The summed E-state index contributed by atoms with van der Waals surface area (Å²) >= 11 is 6.06. The van der Waals surface area contributed by atoms with E-state index in [1.54, 1.807) is 0 Å². The quantitative estimate of drug-likeness (QED) is 0.641. The Hall–Kier alpha value is -1.84. The highest BCUT2D eigenvalue weighted by Gasteiger charge is 2.16. The zero-order valence-electron chi connectivity index (χ0n) is 13.8. The van der Waals surface area contributed by atoms with Gasteiger partial charge in [-0.1, -0.05) is 30.7 Å². The number of halogens is 1. The maximum atomic E-state index is 6.06. The average Bonchev–Trinajstić information content (AvgIpc) is 3.00. The van der Waals surface area contributed by atoms with Crippen LogP contribution in [0.1, 0.15) is 25.3 Å². The molecule has 3 aromatic rings. The Morgan fingerprint density at radius 1 is 1.17 bits per heavy atom. The highest BCUT2D eigenvalue weighted by molar-refractivity contribution is 6.30. The largest absolute Gasteiger partial charge is 0.436 e. The van der Waals surface area contributed by atoms with Gasteiger partial charge in [0, 0.05) is 17.1 Å². The molecule has 2 aromatic carbocycles. The minimum absolute atomic E-state index is 0.622. The maximum absolute atomic E-state index is 6.06. The minimum atomic E-state index is 0.622. The van der Waals surface area contributed by atoms with Crippen LogP contribution in [0.2, 0.25) is 5.02 Å². The summed E-state index contributed by atoms with van der Waals surface area (Å²) in [6.07, 6.45) is 2.59. The van der Waals surface area contributed by atoms with Gasteiger partial charge < -0.3 is 4.42 Å². The Morgan fingerprint density at radius 3 is 2.79 bits per heavy atom. The second-order valence-electron chi connectivity index (χ2n) is 6.79. The fourth-order valence-electron chi connectivity index (χ4n) is 3.29. The lowest BCUT2D eigenvalue weighted by Gasteiger charge is -2.30. The van der Waals surface area contributed by atoms with Crippen LogP contribution in [0, 0.1) is 5.92 Å². The van der Waals surface area contributed by atoms with Gasteiger partial charge >= 0.3 is 0 Å². The maximum Gasteiger partial charge on any atom is 0.227 e. The predicted octanol–water partition coefficient (Wildman–Crippen LogP) is 5.38. The minimum Gasteiger partial charge on any atom is -0.436 e. The monoisotopic (exact) mass is 340 g/mol. The van der Waals surface area contributed by atoms with Crippen LogP contribution in [0.15, 0.2) is 46.9 Å². The fraction of sp³-hybridized carbons (Fsp3) is 0.350. The molecule has 0 radical (unpaired) electrons. The Bertz CT molecular complexity index is 850. The molecule has 124 valence electrons. The number of hydrogen-bond acceptors (Lipinski definition) is 3. The number of fused-ring (bicyclic) bond motifs is 1. The molecular weight excluding hydrogens is 320 g/mol. The number of rotatable bonds is 3. The molecule has 1 aliphatic heterocycles. The molecule has 1 aromatic heterocycles. The molecule has 1 fully saturated rings. The van der Waals surface area contributed by atoms with E-state index < -0.39 is 0 Å². The van der Waals surface area contributed by atoms with Crippen LogP contribution in [0.4, 0.5) is 0 Å². The van der Waals surface area contributed by atoms with Crippen molar-refractivity contribution in [1.29, 1.82) is 0 Å². The van der Waals surface area contributed by atoms with Crippen LogP contribution in [0.3, 0.4) is 0 Å². The number of likely N-dealkylation sites (tertiary alicyclic amines) is 1. The normalized spacial score (nSPS) is 16.8. The van der Waals surface area contributed by atoms with Gasteiger partial charge in [-0.3, -0.25) is 4.90 Å². The average molecular weight is 341 g/mol. The molecular formula is C20H21ClN2O. The summed E-state index contributed by atoms with van der Waals surface area (Å²) in [5.74, 6) is 1.48. The van der Waals surface area contributed by atoms with Gasteiger partial charge in [0.2, 0.25) is 5.89 Å². The van der Waals surface area contributed by atoms with Gasteiger partial charge in [-0.15, -0.1) is 0 Å². The van der Waals surface area contributed by atoms with Gasteiger partial charge in [0.15, 0.2) is 5.58 Å². The molecule has 0 atom stereocenters. The van der Waals surface area contributed by atoms with Crippen LogP contribution in [0.5, 0.6) is 0 Å². The van der Waals surface area contributed by atoms with Crippen molar-refractivity contribution in [3.8, 4) is 11.5 Å². The standard InChI is InChI=1S/C20H21ClN2O/c1-14-7-9-23(10-8-14)13-15-5-6-19-18(11-15)22-20(24-19)16-3-2-4-17(21)12-16/h2-6,11-12,14H,7-10,13H2,1H3. The number of oxazole rings is 1. The third-order valence-corrected chi connectivity index (χ3v) is 5.04. The number of piperidine rings is 1. The van der Waals surface area contributed by atoms with Gasteiger partial charge in [0.1, 0.15) is 5.52 Å². The van der Waals surface area contributed by atoms with E-state index in [1.165, 1.54) is 31.5 Å². The van der Waals surface area contributed by atoms with Crippen molar-refractivity contribution in [2.24, 2.45) is 5.92 Å². The van der Waals surface area contributed by atoms with Gasteiger partial charge in [-0.25, -0.2) is 4.98 Å². The molecule has 24 heavy (non-hydrogen) atoms. The van der Waals surface area contributed by atoms with Gasteiger partial charge in [0.25, 0.3) is 0 Å². The van der Waals surface area contributed by atoms with E-state index in [1.807, 2.05) is 30.3 Å². The number of hydrogen-bond donors (Lipinski definition) is 0. The molecule has 4 rings (SSSR count). The van der Waals surface area contributed by atoms with Crippen LogP contribution in [0.25, 0.3) is 22.6 Å². The summed E-state index contributed by atoms with van der Waals surface area (Å²) < 4.78 is 5.88. The molecule has 0 N–H and O–H groups in total. The van der Waals surface area contributed by atoms with Crippen LogP contribution in [-0.4, -0.2) is 23.0 Å². The highest BCUT2D eigenvalue weighted by Crippen LogP contribution is 2.27. The summed E-state index contributed by atoms with van der Waals surface area (Å²) in [5.41, 5.74) is 3.93. The molecule has 4 heteroatoms. The van der Waals surface area contributed by atoms with E-state index >= 15 is 0 Å². The Kier molecular flexibility index (Phi) is 4.30. The summed E-state index contributed by atoms with van der Waals surface area (Å²) in [6.45, 7) is 5.70. The highest BCUT2D eigenvalue weighted by atomic mass is 35.5. The first-order valence-electron chi connectivity index (χ1n) is 8.55. The molecule has 0 aliphatic carbocycles. The Labute approximate surface area is 147 Å². The molecule has 3 nitrogen and oxygen atoms in total. The van der Waals surface area contributed by atoms with Crippen LogP contribution in [-0.2, 0) is 6.54 Å². The molecule has 0 spiro atoms. The Morgan fingerprint density at radius 2 is 2.00 bits per heavy atom. The van der Waals surface area contributed by atoms with Gasteiger partial charge in [0.05, 0.1) is 0 Å². The molecule has 0 bridgehead atoms. The number of aromatic nitrogens is 1. The lowest BCUT2D eigenvalue weighted by atomic mass is 9.99. The van der Waals surface area contributed by atoms with E-state index in [0.29, 0.717) is 10.9 Å². The molecule has 1 saturated heterocycles. The van der Waals surface area contributed by atoms with Crippen LogP contribution < -0.4 is 0 Å². The molecule has 2 heterocycles. The number of nitrogens with zero attached hydrogens (tertiary/aromatic N) is 2. The van der Waals surface area contributed by atoms with Crippen molar-refractivity contribution in [3.05, 3.63) is 53.1 Å². The first kappa shape index (κ1) is 15.7. The third-order valence-electron chi connectivity index (χ3n) is 4.81. The lowest BCUT2D eigenvalue weighted by molar-refractivity contribution is 0.185. The second kappa shape index (κ2) is 6.58. The molecule has 0 unspecified atom stereocenters. The van der Waals surface area contributed by atoms with Crippen molar-refractivity contribution in [2.45, 2.75) is 26.3 Å². The molecule has 0 saturated carbocycles. The summed E-state index contributed by atoms with van der Waals surface area (Å²) in [5, 5.41) is 0.690. The Balaban J connectivity index is 1.57. The van der Waals surface area contributed by atoms with Crippen LogP contribution >= 0.6 is 11.6 Å². The second-order valence-corrected chi connectivity index (χ2v) is 7.23. The number of benzene rings is 2. The fourth-order valence-corrected chi connectivity index (χ4v) is 3.49. The van der Waals surface area contributed by atoms with Crippen molar-refractivity contribution in [2.75, 3.05) is 13.1 Å². The topological polar surface area (TPSA) is 29.3 Å². The van der Waals surface area contributed by atoms with E-state index in [9.17, 15) is 0 Å². The van der Waals surface area contributed by atoms with E-state index in [-0.39, 0.29) is 0 Å². The summed E-state index contributed by atoms with van der Waals surface area (Å²) in [7, 11) is 0. The van der Waals surface area contributed by atoms with E-state index in [0.717, 1.165) is 29.1 Å². The third kappa shape index (κ3) is 3.33. The molecule has 0 amide bonds.